The molecule has 1 saturated carbocycles. The van der Waals surface area contributed by atoms with Gasteiger partial charge in [0.25, 0.3) is 0 Å². The molecule has 0 amide bonds. The van der Waals surface area contributed by atoms with Gasteiger partial charge in [0.15, 0.2) is 11.6 Å². The number of halogens is 8. The fraction of sp³-hybridized carbons (Fsp3) is 0.355. The van der Waals surface area contributed by atoms with Crippen molar-refractivity contribution in [3.63, 3.8) is 0 Å². The maximum Gasteiger partial charge on any atom is 0.490 e. The average Bonchev–Trinajstić information content (AvgIpc) is 3.79. The Kier molecular flexibility index (Phi) is 11.4. The van der Waals surface area contributed by atoms with Crippen LogP contribution in [0.3, 0.4) is 0 Å². The largest absolute Gasteiger partial charge is 0.490 e. The van der Waals surface area contributed by atoms with Gasteiger partial charge in [-0.15, -0.1) is 10.2 Å². The van der Waals surface area contributed by atoms with Crippen LogP contribution in [-0.2, 0) is 9.59 Å². The number of carbonyl (C=O) groups is 2. The van der Waals surface area contributed by atoms with Crippen molar-refractivity contribution in [3.05, 3.63) is 71.3 Å². The zero-order valence-electron chi connectivity index (χ0n) is 24.9. The van der Waals surface area contributed by atoms with E-state index in [2.05, 4.69) is 33.0 Å². The van der Waals surface area contributed by atoms with Gasteiger partial charge >= 0.3 is 24.3 Å². The molecule has 0 spiro atoms. The van der Waals surface area contributed by atoms with Crippen molar-refractivity contribution in [2.45, 2.75) is 44.1 Å². The molecular weight excluding hydrogens is 658 g/mol. The van der Waals surface area contributed by atoms with Gasteiger partial charge in [0.1, 0.15) is 11.6 Å². The van der Waals surface area contributed by atoms with Crippen LogP contribution in [0.25, 0.3) is 33.9 Å². The minimum atomic E-state index is -5.08. The summed E-state index contributed by atoms with van der Waals surface area (Å²) in [4.78, 5) is 17.8. The van der Waals surface area contributed by atoms with Gasteiger partial charge in [-0.1, -0.05) is 24.3 Å². The maximum atomic E-state index is 15.3. The minimum absolute atomic E-state index is 0.164. The second kappa shape index (κ2) is 15.1. The summed E-state index contributed by atoms with van der Waals surface area (Å²) < 4.78 is 96.0. The van der Waals surface area contributed by atoms with E-state index in [0.29, 0.717) is 22.8 Å². The predicted molar refractivity (Wildman–Crippen MR) is 157 cm³/mol. The summed E-state index contributed by atoms with van der Waals surface area (Å²) >= 11 is 0. The fourth-order valence-corrected chi connectivity index (χ4v) is 4.90. The Morgan fingerprint density at radius 3 is 1.35 bits per heavy atom. The molecule has 1 fully saturated rings. The highest BCUT2D eigenvalue weighted by Gasteiger charge is 2.39. The minimum Gasteiger partial charge on any atom is -0.475 e. The van der Waals surface area contributed by atoms with E-state index in [0.717, 1.165) is 74.1 Å². The summed E-state index contributed by atoms with van der Waals surface area (Å²) in [6, 6.07) is 10.8. The van der Waals surface area contributed by atoms with Gasteiger partial charge in [-0.3, -0.25) is 0 Å². The van der Waals surface area contributed by atoms with E-state index >= 15 is 8.78 Å². The SMILES string of the molecule is Fc1cc(C2=CCNCC2)ccc1-c1nnc(-c2ccc(C3=CCNCC3)cc2F)n1C1CC1.O=C(O)C(F)(F)F.O=C(O)C(F)(F)F. The number of alkyl halides is 6. The molecule has 258 valence electrons. The van der Waals surface area contributed by atoms with E-state index in [4.69, 9.17) is 19.8 Å². The molecule has 3 aliphatic rings. The molecule has 48 heavy (non-hydrogen) atoms. The highest BCUT2D eigenvalue weighted by molar-refractivity contribution is 5.74. The van der Waals surface area contributed by atoms with Crippen LogP contribution < -0.4 is 10.6 Å². The normalized spacial score (nSPS) is 16.4. The number of nitrogens with one attached hydrogen (secondary N) is 2. The molecular formula is C31H29F8N5O4. The molecule has 1 aromatic heterocycles. The Morgan fingerprint density at radius 1 is 0.708 bits per heavy atom. The van der Waals surface area contributed by atoms with Crippen LogP contribution in [0.5, 0.6) is 0 Å². The van der Waals surface area contributed by atoms with Gasteiger partial charge in [-0.05, 0) is 85.3 Å². The van der Waals surface area contributed by atoms with Crippen LogP contribution in [0.1, 0.15) is 42.9 Å². The molecule has 0 atom stereocenters. The van der Waals surface area contributed by atoms with Gasteiger partial charge in [0.2, 0.25) is 0 Å². The molecule has 0 unspecified atom stereocenters. The standard InChI is InChI=1S/C27H27F2N5.2C2HF3O2/c28-24-15-19(17-7-11-30-12-8-17)1-5-22(24)26-32-33-27(34(26)21-3-4-21)23-6-2-20(16-25(23)29)18-9-13-31-14-10-18;2*3-2(4,5)1(6)7/h1-2,5-7,9,15-16,21,30-31H,3-4,8,10-14H2;2*(H,6,7). The van der Waals surface area contributed by atoms with Gasteiger partial charge < -0.3 is 25.4 Å². The Labute approximate surface area is 268 Å². The van der Waals surface area contributed by atoms with E-state index in [1.54, 1.807) is 24.3 Å². The van der Waals surface area contributed by atoms with Gasteiger partial charge in [0.05, 0.1) is 11.1 Å². The zero-order valence-corrected chi connectivity index (χ0v) is 24.9. The number of rotatable bonds is 5. The first kappa shape index (κ1) is 36.2. The first-order chi connectivity index (χ1) is 22.6. The summed E-state index contributed by atoms with van der Waals surface area (Å²) in [6.45, 7) is 3.40. The molecule has 0 bridgehead atoms. The number of carboxylic acids is 2. The number of benzene rings is 2. The van der Waals surface area contributed by atoms with Crippen LogP contribution in [0, 0.1) is 11.6 Å². The maximum absolute atomic E-state index is 15.3. The topological polar surface area (TPSA) is 129 Å². The number of nitrogens with zero attached hydrogens (tertiary/aromatic N) is 3. The third-order valence-corrected chi connectivity index (χ3v) is 7.38. The zero-order chi connectivity index (χ0) is 35.2. The highest BCUT2D eigenvalue weighted by Crippen LogP contribution is 2.42. The number of hydrogen-bond donors (Lipinski definition) is 4. The highest BCUT2D eigenvalue weighted by atomic mass is 19.4. The molecule has 1 aliphatic carbocycles. The molecule has 2 aliphatic heterocycles. The number of aliphatic carboxylic acids is 2. The molecule has 2 aromatic carbocycles. The van der Waals surface area contributed by atoms with E-state index in [9.17, 15) is 26.3 Å². The van der Waals surface area contributed by atoms with Crippen molar-refractivity contribution in [1.29, 1.82) is 0 Å². The third kappa shape index (κ3) is 9.25. The number of aromatic nitrogens is 3. The van der Waals surface area contributed by atoms with Crippen molar-refractivity contribution in [2.24, 2.45) is 0 Å². The predicted octanol–water partition coefficient (Wildman–Crippen LogP) is 6.25. The molecule has 17 heteroatoms. The summed E-state index contributed by atoms with van der Waals surface area (Å²) in [5.41, 5.74) is 4.91. The lowest BCUT2D eigenvalue weighted by molar-refractivity contribution is -0.193. The lowest BCUT2D eigenvalue weighted by atomic mass is 9.98. The molecule has 0 saturated heterocycles. The lowest BCUT2D eigenvalue weighted by Crippen LogP contribution is -2.21. The average molecular weight is 688 g/mol. The van der Waals surface area contributed by atoms with E-state index in [1.165, 1.54) is 0 Å². The monoisotopic (exact) mass is 687 g/mol. The quantitative estimate of drug-likeness (QED) is 0.232. The van der Waals surface area contributed by atoms with Crippen molar-refractivity contribution in [1.82, 2.24) is 25.4 Å². The van der Waals surface area contributed by atoms with E-state index < -0.39 is 24.3 Å². The first-order valence-electron chi connectivity index (χ1n) is 14.5. The Hall–Kier alpha value is -4.64. The smallest absolute Gasteiger partial charge is 0.475 e. The molecule has 4 N–H and O–H groups in total. The van der Waals surface area contributed by atoms with Crippen molar-refractivity contribution in [2.75, 3.05) is 26.2 Å². The van der Waals surface area contributed by atoms with Crippen LogP contribution in [0.15, 0.2) is 48.6 Å². The lowest BCUT2D eigenvalue weighted by Gasteiger charge is -2.16. The van der Waals surface area contributed by atoms with Crippen LogP contribution in [-0.4, -0.2) is 75.4 Å². The summed E-state index contributed by atoms with van der Waals surface area (Å²) in [5, 5.41) is 29.5. The Morgan fingerprint density at radius 2 is 1.08 bits per heavy atom. The summed E-state index contributed by atoms with van der Waals surface area (Å²) in [6.07, 6.45) is -2.29. The second-order valence-electron chi connectivity index (χ2n) is 10.8. The molecule has 9 nitrogen and oxygen atoms in total. The van der Waals surface area contributed by atoms with Gasteiger partial charge in [0, 0.05) is 19.1 Å². The van der Waals surface area contributed by atoms with Crippen LogP contribution in [0.2, 0.25) is 0 Å². The van der Waals surface area contributed by atoms with Crippen LogP contribution in [0.4, 0.5) is 35.1 Å². The third-order valence-electron chi connectivity index (χ3n) is 7.38. The molecule has 6 rings (SSSR count). The first-order valence-corrected chi connectivity index (χ1v) is 14.5. The van der Waals surface area contributed by atoms with Crippen molar-refractivity contribution < 1.29 is 54.9 Å². The Bertz CT molecular complexity index is 1590. The van der Waals surface area contributed by atoms with Crippen molar-refractivity contribution in [3.8, 4) is 22.8 Å². The van der Waals surface area contributed by atoms with Crippen molar-refractivity contribution >= 4 is 23.1 Å². The van der Waals surface area contributed by atoms with Gasteiger partial charge in [-0.2, -0.15) is 26.3 Å². The molecule has 3 aromatic rings. The molecule has 0 radical (unpaired) electrons. The second-order valence-corrected chi connectivity index (χ2v) is 10.8. The van der Waals surface area contributed by atoms with Gasteiger partial charge in [-0.25, -0.2) is 18.4 Å². The van der Waals surface area contributed by atoms with E-state index in [-0.39, 0.29) is 17.7 Å². The number of carboxylic acid groups (broad SMARTS) is 2. The summed E-state index contributed by atoms with van der Waals surface area (Å²) in [5.74, 6) is -5.24. The number of hydrogen-bond acceptors (Lipinski definition) is 6. The van der Waals surface area contributed by atoms with Crippen LogP contribution >= 0.6 is 0 Å². The van der Waals surface area contributed by atoms with E-state index in [1.807, 2.05) is 16.7 Å². The fourth-order valence-electron chi connectivity index (χ4n) is 4.90. The summed E-state index contributed by atoms with van der Waals surface area (Å²) in [7, 11) is 0. The Balaban J connectivity index is 0.000000314. The molecule has 3 heterocycles.